The molecule has 5 nitrogen and oxygen atoms in total. The predicted molar refractivity (Wildman–Crippen MR) is 64.2 cm³/mol. The minimum Gasteiger partial charge on any atom is -0.456 e. The maximum atomic E-state index is 12.5. The number of ether oxygens (including phenoxy) is 1. The summed E-state index contributed by atoms with van der Waals surface area (Å²) in [7, 11) is 0. The van der Waals surface area contributed by atoms with E-state index in [1.165, 1.54) is 6.07 Å². The zero-order valence-corrected chi connectivity index (χ0v) is 11.0. The van der Waals surface area contributed by atoms with Crippen LogP contribution in [0.15, 0.2) is 28.2 Å². The molecule has 0 radical (unpaired) electrons. The van der Waals surface area contributed by atoms with Gasteiger partial charge in [0.15, 0.2) is 11.4 Å². The Morgan fingerprint density at radius 3 is 2.45 bits per heavy atom. The van der Waals surface area contributed by atoms with E-state index < -0.39 is 34.8 Å². The Bertz CT molecular complexity index is 546. The van der Waals surface area contributed by atoms with Gasteiger partial charge >= 0.3 is 12.1 Å². The minimum atomic E-state index is -4.63. The van der Waals surface area contributed by atoms with Crippen molar-refractivity contribution in [1.82, 2.24) is 5.32 Å². The molecule has 8 heteroatoms. The monoisotopic (exact) mass is 287 g/mol. The van der Waals surface area contributed by atoms with Crippen LogP contribution in [0.3, 0.4) is 0 Å². The topological polar surface area (TPSA) is 74.5 Å². The lowest BCUT2D eigenvalue weighted by atomic mass is 10.2. The Labute approximate surface area is 113 Å². The van der Waals surface area contributed by atoms with E-state index in [0.717, 1.165) is 6.21 Å². The highest BCUT2D eigenvalue weighted by Crippen LogP contribution is 2.26. The molecule has 0 unspecified atom stereocenters. The summed E-state index contributed by atoms with van der Waals surface area (Å²) in [4.78, 5) is 15.3. The normalized spacial score (nSPS) is 17.8. The van der Waals surface area contributed by atoms with Crippen molar-refractivity contribution in [2.75, 3.05) is 0 Å². The van der Waals surface area contributed by atoms with Crippen LogP contribution in [-0.4, -0.2) is 24.0 Å². The van der Waals surface area contributed by atoms with Gasteiger partial charge in [0.25, 0.3) is 0 Å². The number of hydrogen-bond acceptors (Lipinski definition) is 5. The van der Waals surface area contributed by atoms with Crippen LogP contribution in [0.1, 0.15) is 20.8 Å². The van der Waals surface area contributed by atoms with E-state index in [-0.39, 0.29) is 0 Å². The Kier molecular flexibility index (Phi) is 4.23. The summed E-state index contributed by atoms with van der Waals surface area (Å²) in [5.41, 5.74) is -2.61. The number of nitrogens with one attached hydrogen (secondary N) is 1. The molecule has 0 saturated carbocycles. The first kappa shape index (κ1) is 15.8. The summed E-state index contributed by atoms with van der Waals surface area (Å²) in [6.07, 6.45) is -3.07. The summed E-state index contributed by atoms with van der Waals surface area (Å²) >= 11 is 0. The molecule has 20 heavy (non-hydrogen) atoms. The molecule has 0 aliphatic carbocycles. The number of nitrogens with zero attached hydrogens (tertiary/aromatic N) is 2. The second-order valence-electron chi connectivity index (χ2n) is 4.82. The van der Waals surface area contributed by atoms with E-state index in [2.05, 4.69) is 4.99 Å². The second-order valence-corrected chi connectivity index (χ2v) is 4.82. The average molecular weight is 287 g/mol. The van der Waals surface area contributed by atoms with E-state index in [9.17, 15) is 18.0 Å². The Morgan fingerprint density at radius 1 is 1.40 bits per heavy atom. The molecular weight excluding hydrogens is 275 g/mol. The van der Waals surface area contributed by atoms with Crippen molar-refractivity contribution in [2.45, 2.75) is 32.5 Å². The van der Waals surface area contributed by atoms with Gasteiger partial charge in [0.05, 0.1) is 0 Å². The van der Waals surface area contributed by atoms with Gasteiger partial charge in [-0.3, -0.25) is 0 Å². The predicted octanol–water partition coefficient (Wildman–Crippen LogP) is 2.18. The zero-order valence-electron chi connectivity index (χ0n) is 11.0. The number of aliphatic imine (C=N–C) groups is 1. The van der Waals surface area contributed by atoms with E-state index in [4.69, 9.17) is 10.00 Å². The highest BCUT2D eigenvalue weighted by Gasteiger charge is 2.36. The second kappa shape index (κ2) is 5.36. The number of carbonyl (C=O) groups is 1. The van der Waals surface area contributed by atoms with Crippen molar-refractivity contribution in [3.8, 4) is 6.07 Å². The number of carbonyl (C=O) groups excluding carboxylic acids is 1. The smallest absolute Gasteiger partial charge is 0.431 e. The quantitative estimate of drug-likeness (QED) is 0.455. The fourth-order valence-corrected chi connectivity index (χ4v) is 1.20. The number of rotatable bonds is 1. The van der Waals surface area contributed by atoms with Gasteiger partial charge in [-0.25, -0.2) is 9.79 Å². The van der Waals surface area contributed by atoms with E-state index in [1.807, 2.05) is 5.32 Å². The molecule has 1 aliphatic heterocycles. The third-order valence-corrected chi connectivity index (χ3v) is 1.95. The first-order chi connectivity index (χ1) is 9.04. The maximum absolute atomic E-state index is 12.5. The molecule has 0 spiro atoms. The molecule has 1 heterocycles. The standard InChI is InChI=1S/C12H12F3N3O2/c1-11(2,3)20-10(19)7(6-16)9-17-5-4-8(18-9)12(13,14)15/h4-5,18H,1-3H3. The van der Waals surface area contributed by atoms with Gasteiger partial charge in [0.2, 0.25) is 0 Å². The van der Waals surface area contributed by atoms with Gasteiger partial charge in [0, 0.05) is 6.21 Å². The number of alkyl halides is 3. The van der Waals surface area contributed by atoms with Crippen molar-refractivity contribution >= 4 is 12.2 Å². The molecule has 1 N–H and O–H groups in total. The number of allylic oxidation sites excluding steroid dienone is 2. The number of halogens is 3. The van der Waals surface area contributed by atoms with Crippen molar-refractivity contribution in [2.24, 2.45) is 4.99 Å². The highest BCUT2D eigenvalue weighted by molar-refractivity contribution is 5.94. The molecule has 0 aromatic heterocycles. The molecule has 0 aromatic rings. The van der Waals surface area contributed by atoms with Crippen LogP contribution in [0.4, 0.5) is 13.2 Å². The SMILES string of the molecule is CC(C)(C)OC(=O)C(C#N)=C1N=CC=C(C(F)(F)F)N1. The lowest BCUT2D eigenvalue weighted by Crippen LogP contribution is -2.31. The third kappa shape index (κ3) is 4.12. The number of hydrogen-bond donors (Lipinski definition) is 1. The molecular formula is C12H12F3N3O2. The average Bonchev–Trinajstić information content (AvgIpc) is 2.26. The van der Waals surface area contributed by atoms with Gasteiger partial charge in [-0.1, -0.05) is 0 Å². The summed E-state index contributed by atoms with van der Waals surface area (Å²) in [6.45, 7) is 4.72. The fourth-order valence-electron chi connectivity index (χ4n) is 1.20. The van der Waals surface area contributed by atoms with Crippen LogP contribution in [0, 0.1) is 11.3 Å². The molecule has 108 valence electrons. The Morgan fingerprint density at radius 2 is 2.00 bits per heavy atom. The maximum Gasteiger partial charge on any atom is 0.431 e. The number of nitriles is 1. The van der Waals surface area contributed by atoms with Gasteiger partial charge in [-0.05, 0) is 26.8 Å². The van der Waals surface area contributed by atoms with Crippen LogP contribution >= 0.6 is 0 Å². The Balaban J connectivity index is 3.07. The molecule has 0 aromatic carbocycles. The summed E-state index contributed by atoms with van der Waals surface area (Å²) in [5.74, 6) is -1.53. The molecule has 0 bridgehead atoms. The van der Waals surface area contributed by atoms with Crippen molar-refractivity contribution in [1.29, 1.82) is 5.26 Å². The van der Waals surface area contributed by atoms with Gasteiger partial charge < -0.3 is 10.1 Å². The largest absolute Gasteiger partial charge is 0.456 e. The third-order valence-electron chi connectivity index (χ3n) is 1.95. The van der Waals surface area contributed by atoms with Crippen LogP contribution in [0.2, 0.25) is 0 Å². The van der Waals surface area contributed by atoms with E-state index in [0.29, 0.717) is 6.08 Å². The fraction of sp³-hybridized carbons (Fsp3) is 0.417. The molecule has 0 amide bonds. The van der Waals surface area contributed by atoms with Crippen molar-refractivity contribution in [3.63, 3.8) is 0 Å². The van der Waals surface area contributed by atoms with E-state index >= 15 is 0 Å². The molecule has 1 aliphatic rings. The van der Waals surface area contributed by atoms with Crippen LogP contribution in [-0.2, 0) is 9.53 Å². The first-order valence-corrected chi connectivity index (χ1v) is 5.51. The van der Waals surface area contributed by atoms with Gasteiger partial charge in [-0.15, -0.1) is 0 Å². The molecule has 0 saturated heterocycles. The molecule has 0 fully saturated rings. The van der Waals surface area contributed by atoms with Crippen LogP contribution < -0.4 is 5.32 Å². The van der Waals surface area contributed by atoms with E-state index in [1.54, 1.807) is 20.8 Å². The summed E-state index contributed by atoms with van der Waals surface area (Å²) < 4.78 is 42.6. The summed E-state index contributed by atoms with van der Waals surface area (Å²) in [5, 5.41) is 10.8. The zero-order chi connectivity index (χ0) is 15.6. The molecule has 0 atom stereocenters. The molecule has 1 rings (SSSR count). The number of esters is 1. The van der Waals surface area contributed by atoms with Gasteiger partial charge in [0.1, 0.15) is 17.4 Å². The first-order valence-electron chi connectivity index (χ1n) is 5.51. The van der Waals surface area contributed by atoms with Crippen molar-refractivity contribution < 1.29 is 22.7 Å². The summed E-state index contributed by atoms with van der Waals surface area (Å²) in [6, 6.07) is 1.50. The minimum absolute atomic E-state index is 0.489. The highest BCUT2D eigenvalue weighted by atomic mass is 19.4. The lowest BCUT2D eigenvalue weighted by molar-refractivity contribution is -0.149. The van der Waals surface area contributed by atoms with Crippen LogP contribution in [0.25, 0.3) is 0 Å². The van der Waals surface area contributed by atoms with Gasteiger partial charge in [-0.2, -0.15) is 18.4 Å². The Hall–Kier alpha value is -2.30. The van der Waals surface area contributed by atoms with Crippen molar-refractivity contribution in [3.05, 3.63) is 23.2 Å². The lowest BCUT2D eigenvalue weighted by Gasteiger charge is -2.21. The van der Waals surface area contributed by atoms with Crippen LogP contribution in [0.5, 0.6) is 0 Å².